The van der Waals surface area contributed by atoms with Gasteiger partial charge in [-0.3, -0.25) is 4.90 Å². The average Bonchev–Trinajstić information content (AvgIpc) is 2.79. The van der Waals surface area contributed by atoms with Crippen LogP contribution in [0.2, 0.25) is 0 Å². The van der Waals surface area contributed by atoms with Crippen LogP contribution in [0.5, 0.6) is 0 Å². The van der Waals surface area contributed by atoms with Gasteiger partial charge in [-0.2, -0.15) is 0 Å². The van der Waals surface area contributed by atoms with E-state index in [1.807, 2.05) is 0 Å². The molecule has 0 saturated carbocycles. The van der Waals surface area contributed by atoms with E-state index in [2.05, 4.69) is 39.6 Å². The molecular weight excluding hydrogens is 204 g/mol. The molecule has 80 valence electrons. The van der Waals surface area contributed by atoms with Gasteiger partial charge in [0.15, 0.2) is 0 Å². The zero-order chi connectivity index (χ0) is 10.3. The van der Waals surface area contributed by atoms with Crippen molar-refractivity contribution in [3.8, 4) is 11.8 Å². The van der Waals surface area contributed by atoms with Gasteiger partial charge in [-0.1, -0.05) is 17.9 Å². The fourth-order valence-corrected chi connectivity index (χ4v) is 2.24. The van der Waals surface area contributed by atoms with Crippen molar-refractivity contribution < 1.29 is 0 Å². The highest BCUT2D eigenvalue weighted by atomic mass is 32.1. The van der Waals surface area contributed by atoms with E-state index in [0.717, 1.165) is 39.1 Å². The number of hydrogen-bond acceptors (Lipinski definition) is 3. The minimum absolute atomic E-state index is 0.907. The van der Waals surface area contributed by atoms with E-state index in [1.54, 1.807) is 11.3 Å². The predicted molar refractivity (Wildman–Crippen MR) is 65.1 cm³/mol. The van der Waals surface area contributed by atoms with Crippen LogP contribution in [0.4, 0.5) is 0 Å². The van der Waals surface area contributed by atoms with Crippen LogP contribution in [0.1, 0.15) is 4.88 Å². The first-order chi connectivity index (χ1) is 7.45. The number of hydrogen-bond donors (Lipinski definition) is 1. The Kier molecular flexibility index (Phi) is 4.22. The zero-order valence-corrected chi connectivity index (χ0v) is 9.65. The highest BCUT2D eigenvalue weighted by Crippen LogP contribution is 2.07. The van der Waals surface area contributed by atoms with Gasteiger partial charge in [0.2, 0.25) is 0 Å². The van der Waals surface area contributed by atoms with Crippen LogP contribution in [0.15, 0.2) is 17.5 Å². The standard InChI is InChI=1S/C12H16N2S/c1(4-12-5-3-11-15-12)2-8-14-9-6-13-7-10-14/h3,5,11,13H,4,6-10H2. The van der Waals surface area contributed by atoms with Crippen molar-refractivity contribution in [2.45, 2.75) is 6.42 Å². The molecule has 1 saturated heterocycles. The minimum Gasteiger partial charge on any atom is -0.314 e. The maximum atomic E-state index is 3.34. The van der Waals surface area contributed by atoms with Gasteiger partial charge in [0.05, 0.1) is 6.54 Å². The number of rotatable bonds is 2. The van der Waals surface area contributed by atoms with E-state index in [0.29, 0.717) is 0 Å². The summed E-state index contributed by atoms with van der Waals surface area (Å²) >= 11 is 1.78. The van der Waals surface area contributed by atoms with E-state index in [-0.39, 0.29) is 0 Å². The molecule has 1 aromatic rings. The lowest BCUT2D eigenvalue weighted by atomic mass is 10.3. The Bertz CT molecular complexity index is 328. The van der Waals surface area contributed by atoms with Crippen molar-refractivity contribution >= 4 is 11.3 Å². The molecule has 0 aromatic carbocycles. The summed E-state index contributed by atoms with van der Waals surface area (Å²) in [5, 5.41) is 5.44. The molecule has 2 nitrogen and oxygen atoms in total. The second-order valence-electron chi connectivity index (χ2n) is 3.64. The second kappa shape index (κ2) is 5.92. The highest BCUT2D eigenvalue weighted by Gasteiger charge is 2.06. The molecule has 0 aliphatic carbocycles. The van der Waals surface area contributed by atoms with E-state index >= 15 is 0 Å². The van der Waals surface area contributed by atoms with Crippen molar-refractivity contribution in [2.24, 2.45) is 0 Å². The summed E-state index contributed by atoms with van der Waals surface area (Å²) in [4.78, 5) is 3.76. The zero-order valence-electron chi connectivity index (χ0n) is 8.83. The lowest BCUT2D eigenvalue weighted by Crippen LogP contribution is -2.43. The van der Waals surface area contributed by atoms with E-state index < -0.39 is 0 Å². The van der Waals surface area contributed by atoms with Gasteiger partial charge < -0.3 is 5.32 Å². The van der Waals surface area contributed by atoms with Gasteiger partial charge in [0, 0.05) is 37.5 Å². The number of nitrogens with one attached hydrogen (secondary N) is 1. The largest absolute Gasteiger partial charge is 0.314 e. The summed E-state index contributed by atoms with van der Waals surface area (Å²) in [5.41, 5.74) is 0. The summed E-state index contributed by atoms with van der Waals surface area (Å²) in [6, 6.07) is 4.22. The third-order valence-corrected chi connectivity index (χ3v) is 3.36. The SMILES string of the molecule is C(#CCN1CCNCC1)Cc1cccs1. The molecule has 2 heterocycles. The summed E-state index contributed by atoms with van der Waals surface area (Å²) in [7, 11) is 0. The molecule has 1 N–H and O–H groups in total. The fraction of sp³-hybridized carbons (Fsp3) is 0.500. The molecule has 1 fully saturated rings. The topological polar surface area (TPSA) is 15.3 Å². The van der Waals surface area contributed by atoms with Gasteiger partial charge in [-0.15, -0.1) is 11.3 Å². The van der Waals surface area contributed by atoms with E-state index in [4.69, 9.17) is 0 Å². The van der Waals surface area contributed by atoms with Crippen molar-refractivity contribution in [1.82, 2.24) is 10.2 Å². The molecule has 0 spiro atoms. The quantitative estimate of drug-likeness (QED) is 0.753. The Morgan fingerprint density at radius 2 is 2.20 bits per heavy atom. The Morgan fingerprint density at radius 1 is 1.33 bits per heavy atom. The van der Waals surface area contributed by atoms with Gasteiger partial charge in [-0.25, -0.2) is 0 Å². The first-order valence-electron chi connectivity index (χ1n) is 5.36. The summed E-state index contributed by atoms with van der Waals surface area (Å²) in [5.74, 6) is 6.48. The Hall–Kier alpha value is -0.820. The monoisotopic (exact) mass is 220 g/mol. The maximum absolute atomic E-state index is 3.34. The van der Waals surface area contributed by atoms with Crippen LogP contribution in [-0.2, 0) is 6.42 Å². The lowest BCUT2D eigenvalue weighted by molar-refractivity contribution is 0.268. The molecule has 3 heteroatoms. The first kappa shape index (κ1) is 10.7. The Labute approximate surface area is 95.3 Å². The van der Waals surface area contributed by atoms with Gasteiger partial charge in [0.1, 0.15) is 0 Å². The Balaban J connectivity index is 1.70. The first-order valence-corrected chi connectivity index (χ1v) is 6.24. The van der Waals surface area contributed by atoms with Gasteiger partial charge in [-0.05, 0) is 11.4 Å². The van der Waals surface area contributed by atoms with Gasteiger partial charge in [0.25, 0.3) is 0 Å². The molecule has 0 atom stereocenters. The molecule has 0 bridgehead atoms. The van der Waals surface area contributed by atoms with Crippen molar-refractivity contribution in [2.75, 3.05) is 32.7 Å². The molecule has 15 heavy (non-hydrogen) atoms. The third kappa shape index (κ3) is 3.67. The summed E-state index contributed by atoms with van der Waals surface area (Å²) < 4.78 is 0. The fourth-order valence-electron chi connectivity index (χ4n) is 1.60. The summed E-state index contributed by atoms with van der Waals surface area (Å²) in [6.45, 7) is 5.40. The van der Waals surface area contributed by atoms with Crippen LogP contribution in [0, 0.1) is 11.8 Å². The molecule has 1 aliphatic rings. The van der Waals surface area contributed by atoms with Crippen molar-refractivity contribution in [3.63, 3.8) is 0 Å². The summed E-state index contributed by atoms with van der Waals surface area (Å²) in [6.07, 6.45) is 0.907. The van der Waals surface area contributed by atoms with E-state index in [1.165, 1.54) is 4.88 Å². The van der Waals surface area contributed by atoms with Crippen LogP contribution < -0.4 is 5.32 Å². The normalized spacial score (nSPS) is 17.1. The maximum Gasteiger partial charge on any atom is 0.0602 e. The molecular formula is C12H16N2S. The van der Waals surface area contributed by atoms with Crippen LogP contribution in [-0.4, -0.2) is 37.6 Å². The molecule has 0 radical (unpaired) electrons. The van der Waals surface area contributed by atoms with Crippen LogP contribution >= 0.6 is 11.3 Å². The minimum atomic E-state index is 0.907. The predicted octanol–water partition coefficient (Wildman–Crippen LogP) is 1.20. The van der Waals surface area contributed by atoms with Crippen LogP contribution in [0.3, 0.4) is 0 Å². The molecule has 0 unspecified atom stereocenters. The smallest absolute Gasteiger partial charge is 0.0602 e. The van der Waals surface area contributed by atoms with Crippen LogP contribution in [0.25, 0.3) is 0 Å². The lowest BCUT2D eigenvalue weighted by Gasteiger charge is -2.24. The van der Waals surface area contributed by atoms with Gasteiger partial charge >= 0.3 is 0 Å². The number of piperazine rings is 1. The highest BCUT2D eigenvalue weighted by molar-refractivity contribution is 7.09. The Morgan fingerprint density at radius 3 is 2.93 bits per heavy atom. The number of nitrogens with zero attached hydrogens (tertiary/aromatic N) is 1. The van der Waals surface area contributed by atoms with E-state index in [9.17, 15) is 0 Å². The second-order valence-corrected chi connectivity index (χ2v) is 4.67. The molecule has 1 aliphatic heterocycles. The number of thiophene rings is 1. The molecule has 0 amide bonds. The molecule has 1 aromatic heterocycles. The van der Waals surface area contributed by atoms with Crippen molar-refractivity contribution in [3.05, 3.63) is 22.4 Å². The molecule has 2 rings (SSSR count). The average molecular weight is 220 g/mol. The third-order valence-electron chi connectivity index (χ3n) is 2.48. The van der Waals surface area contributed by atoms with Crippen molar-refractivity contribution in [1.29, 1.82) is 0 Å².